The Kier molecular flexibility index (Phi) is 6.13. The van der Waals surface area contributed by atoms with Crippen LogP contribution in [0.25, 0.3) is 0 Å². The average Bonchev–Trinajstić information content (AvgIpc) is 3.16. The van der Waals surface area contributed by atoms with E-state index in [-0.39, 0.29) is 18.1 Å². The summed E-state index contributed by atoms with van der Waals surface area (Å²) in [6.45, 7) is 4.21. The predicted molar refractivity (Wildman–Crippen MR) is 101 cm³/mol. The second-order valence-electron chi connectivity index (χ2n) is 7.05. The van der Waals surface area contributed by atoms with Gasteiger partial charge in [0.15, 0.2) is 11.5 Å². The minimum absolute atomic E-state index is 0.105. The SMILES string of the molecule is COc1ccc(C(C)N(C)C(=O)c2cc(CN3CCC(O)CC3)on2)cc1. The molecule has 1 aliphatic rings. The minimum Gasteiger partial charge on any atom is -0.497 e. The highest BCUT2D eigenvalue weighted by molar-refractivity contribution is 5.92. The first-order valence-corrected chi connectivity index (χ1v) is 9.25. The summed E-state index contributed by atoms with van der Waals surface area (Å²) in [7, 11) is 3.39. The van der Waals surface area contributed by atoms with Crippen molar-refractivity contribution in [2.45, 2.75) is 38.5 Å². The first kappa shape index (κ1) is 19.4. The Morgan fingerprint density at radius 2 is 2.04 bits per heavy atom. The van der Waals surface area contributed by atoms with Gasteiger partial charge in [0, 0.05) is 26.2 Å². The lowest BCUT2D eigenvalue weighted by molar-refractivity contribution is 0.0724. The zero-order chi connectivity index (χ0) is 19.4. The zero-order valence-electron chi connectivity index (χ0n) is 16.1. The van der Waals surface area contributed by atoms with Crippen molar-refractivity contribution in [2.24, 2.45) is 0 Å². The van der Waals surface area contributed by atoms with Crippen LogP contribution in [-0.2, 0) is 6.54 Å². The monoisotopic (exact) mass is 373 g/mol. The van der Waals surface area contributed by atoms with Gasteiger partial charge >= 0.3 is 0 Å². The summed E-state index contributed by atoms with van der Waals surface area (Å²) in [5.74, 6) is 1.27. The maximum atomic E-state index is 12.8. The quantitative estimate of drug-likeness (QED) is 0.838. The van der Waals surface area contributed by atoms with E-state index in [9.17, 15) is 9.90 Å². The van der Waals surface area contributed by atoms with E-state index in [4.69, 9.17) is 9.26 Å². The number of hydrogen-bond acceptors (Lipinski definition) is 6. The van der Waals surface area contributed by atoms with E-state index < -0.39 is 0 Å². The summed E-state index contributed by atoms with van der Waals surface area (Å²) >= 11 is 0. The number of hydrogen-bond donors (Lipinski definition) is 1. The zero-order valence-corrected chi connectivity index (χ0v) is 16.1. The van der Waals surface area contributed by atoms with Crippen molar-refractivity contribution < 1.29 is 19.2 Å². The van der Waals surface area contributed by atoms with Crippen molar-refractivity contribution in [2.75, 3.05) is 27.2 Å². The molecular weight excluding hydrogens is 346 g/mol. The third-order valence-electron chi connectivity index (χ3n) is 5.21. The van der Waals surface area contributed by atoms with Crippen LogP contribution < -0.4 is 4.74 Å². The van der Waals surface area contributed by atoms with Crippen LogP contribution in [0.5, 0.6) is 5.75 Å². The second-order valence-corrected chi connectivity index (χ2v) is 7.05. The number of amides is 1. The highest BCUT2D eigenvalue weighted by Crippen LogP contribution is 2.23. The molecule has 1 aliphatic heterocycles. The van der Waals surface area contributed by atoms with Crippen molar-refractivity contribution in [3.8, 4) is 5.75 Å². The van der Waals surface area contributed by atoms with E-state index in [1.807, 2.05) is 31.2 Å². The number of aromatic nitrogens is 1. The van der Waals surface area contributed by atoms with Crippen molar-refractivity contribution in [1.82, 2.24) is 15.0 Å². The summed E-state index contributed by atoms with van der Waals surface area (Å²) in [4.78, 5) is 16.6. The van der Waals surface area contributed by atoms with Crippen molar-refractivity contribution >= 4 is 5.91 Å². The molecule has 1 aromatic carbocycles. The Bertz CT molecular complexity index is 751. The van der Waals surface area contributed by atoms with E-state index >= 15 is 0 Å². The molecule has 0 saturated carbocycles. The van der Waals surface area contributed by atoms with E-state index in [0.717, 1.165) is 37.2 Å². The van der Waals surface area contributed by atoms with Gasteiger partial charge in [0.25, 0.3) is 5.91 Å². The summed E-state index contributed by atoms with van der Waals surface area (Å²) in [5, 5.41) is 13.5. The summed E-state index contributed by atoms with van der Waals surface area (Å²) < 4.78 is 10.5. The normalized spacial score (nSPS) is 16.9. The predicted octanol–water partition coefficient (Wildman–Crippen LogP) is 2.47. The third kappa shape index (κ3) is 4.67. The molecule has 2 heterocycles. The largest absolute Gasteiger partial charge is 0.497 e. The van der Waals surface area contributed by atoms with E-state index in [0.29, 0.717) is 18.0 Å². The van der Waals surface area contributed by atoms with Crippen LogP contribution in [0.3, 0.4) is 0 Å². The number of likely N-dealkylation sites (tertiary alicyclic amines) is 1. The fourth-order valence-corrected chi connectivity index (χ4v) is 3.25. The summed E-state index contributed by atoms with van der Waals surface area (Å²) in [6, 6.07) is 9.28. The Labute approximate surface area is 159 Å². The highest BCUT2D eigenvalue weighted by Gasteiger charge is 2.24. The van der Waals surface area contributed by atoms with Crippen LogP contribution in [0.2, 0.25) is 0 Å². The van der Waals surface area contributed by atoms with Crippen molar-refractivity contribution in [1.29, 1.82) is 0 Å². The van der Waals surface area contributed by atoms with Gasteiger partial charge in [0.2, 0.25) is 0 Å². The number of ether oxygens (including phenoxy) is 1. The minimum atomic E-state index is -0.207. The third-order valence-corrected chi connectivity index (χ3v) is 5.21. The Morgan fingerprint density at radius 3 is 2.67 bits per heavy atom. The smallest absolute Gasteiger partial charge is 0.276 e. The number of methoxy groups -OCH3 is 1. The standard InChI is InChI=1S/C20H27N3O4/c1-14(15-4-6-17(26-3)7-5-15)22(2)20(25)19-12-18(27-21-19)13-23-10-8-16(24)9-11-23/h4-7,12,14,16,24H,8-11,13H2,1-3H3. The number of benzene rings is 1. The fraction of sp³-hybridized carbons (Fsp3) is 0.500. The maximum absolute atomic E-state index is 12.8. The molecule has 3 rings (SSSR count). The average molecular weight is 373 g/mol. The number of piperidine rings is 1. The number of aliphatic hydroxyl groups is 1. The first-order valence-electron chi connectivity index (χ1n) is 9.25. The van der Waals surface area contributed by atoms with E-state index in [1.54, 1.807) is 25.1 Å². The lowest BCUT2D eigenvalue weighted by Gasteiger charge is -2.28. The molecule has 1 amide bonds. The molecule has 146 valence electrons. The summed E-state index contributed by atoms with van der Waals surface area (Å²) in [6.07, 6.45) is 1.32. The Hall–Kier alpha value is -2.38. The van der Waals surface area contributed by atoms with Gasteiger partial charge in [-0.15, -0.1) is 0 Å². The van der Waals surface area contributed by atoms with E-state index in [1.165, 1.54) is 0 Å². The van der Waals surface area contributed by atoms with Crippen LogP contribution >= 0.6 is 0 Å². The highest BCUT2D eigenvalue weighted by atomic mass is 16.5. The van der Waals surface area contributed by atoms with Crippen molar-refractivity contribution in [3.05, 3.63) is 47.3 Å². The number of nitrogens with zero attached hydrogens (tertiary/aromatic N) is 3. The molecule has 1 aromatic heterocycles. The summed E-state index contributed by atoms with van der Waals surface area (Å²) in [5.41, 5.74) is 1.33. The van der Waals surface area contributed by atoms with Gasteiger partial charge in [0.1, 0.15) is 5.75 Å². The molecule has 1 unspecified atom stereocenters. The molecule has 1 N–H and O–H groups in total. The van der Waals surface area contributed by atoms with Crippen LogP contribution in [0.1, 0.15) is 47.6 Å². The van der Waals surface area contributed by atoms with Gasteiger partial charge in [-0.1, -0.05) is 17.3 Å². The van der Waals surface area contributed by atoms with Gasteiger partial charge in [0.05, 0.1) is 25.8 Å². The Morgan fingerprint density at radius 1 is 1.37 bits per heavy atom. The maximum Gasteiger partial charge on any atom is 0.276 e. The fourth-order valence-electron chi connectivity index (χ4n) is 3.25. The second kappa shape index (κ2) is 8.54. The molecule has 7 nitrogen and oxygen atoms in total. The molecule has 1 saturated heterocycles. The molecule has 27 heavy (non-hydrogen) atoms. The Balaban J connectivity index is 1.61. The molecule has 1 atom stereocenters. The number of aliphatic hydroxyl groups excluding tert-OH is 1. The van der Waals surface area contributed by atoms with Gasteiger partial charge < -0.3 is 19.3 Å². The van der Waals surface area contributed by atoms with Crippen LogP contribution in [0.15, 0.2) is 34.9 Å². The first-order chi connectivity index (χ1) is 13.0. The molecule has 0 aliphatic carbocycles. The molecule has 0 radical (unpaired) electrons. The lowest BCUT2D eigenvalue weighted by Crippen LogP contribution is -2.35. The van der Waals surface area contributed by atoms with Gasteiger partial charge in [-0.3, -0.25) is 9.69 Å². The number of rotatable bonds is 6. The molecular formula is C20H27N3O4. The molecule has 1 fully saturated rings. The van der Waals surface area contributed by atoms with Gasteiger partial charge in [-0.25, -0.2) is 0 Å². The van der Waals surface area contributed by atoms with Gasteiger partial charge in [-0.05, 0) is 37.5 Å². The molecule has 0 bridgehead atoms. The van der Waals surface area contributed by atoms with E-state index in [2.05, 4.69) is 10.1 Å². The molecule has 7 heteroatoms. The van der Waals surface area contributed by atoms with Crippen LogP contribution in [0, 0.1) is 0 Å². The number of carbonyl (C=O) groups excluding carboxylic acids is 1. The lowest BCUT2D eigenvalue weighted by atomic mass is 10.1. The number of carbonyl (C=O) groups is 1. The van der Waals surface area contributed by atoms with Crippen LogP contribution in [0.4, 0.5) is 0 Å². The molecule has 0 spiro atoms. The van der Waals surface area contributed by atoms with Crippen LogP contribution in [-0.4, -0.2) is 59.3 Å². The molecule has 2 aromatic rings. The topological polar surface area (TPSA) is 79.0 Å². The van der Waals surface area contributed by atoms with Crippen molar-refractivity contribution in [3.63, 3.8) is 0 Å². The van der Waals surface area contributed by atoms with Gasteiger partial charge in [-0.2, -0.15) is 0 Å².